The number of azo groups is 2. The van der Waals surface area contributed by atoms with Crippen LogP contribution in [0.3, 0.4) is 0 Å². The Morgan fingerprint density at radius 1 is 0.662 bits per heavy atom. The quantitative estimate of drug-likeness (QED) is 0.0411. The van der Waals surface area contributed by atoms with E-state index in [0.29, 0.717) is 27.3 Å². The van der Waals surface area contributed by atoms with E-state index in [2.05, 4.69) is 58.3 Å². The van der Waals surface area contributed by atoms with Crippen LogP contribution in [0.1, 0.15) is 23.6 Å². The molecule has 0 saturated carbocycles. The van der Waals surface area contributed by atoms with Gasteiger partial charge in [0.05, 0.1) is 21.2 Å². The minimum atomic E-state index is -4.75. The summed E-state index contributed by atoms with van der Waals surface area (Å²) in [6.45, 7) is 2.87. The summed E-state index contributed by atoms with van der Waals surface area (Å²) in [6.07, 6.45) is 0. The van der Waals surface area contributed by atoms with E-state index in [0.717, 1.165) is 17.4 Å². The lowest BCUT2D eigenvalue weighted by atomic mass is 10.0. The first kappa shape index (κ1) is 52.2. The maximum Gasteiger partial charge on any atom is 0.296 e. The van der Waals surface area contributed by atoms with Crippen molar-refractivity contribution in [3.63, 3.8) is 0 Å². The third-order valence-corrected chi connectivity index (χ3v) is 15.5. The molecule has 0 unspecified atom stereocenters. The second-order valence-electron chi connectivity index (χ2n) is 15.6. The highest BCUT2D eigenvalue weighted by molar-refractivity contribution is 7.92. The topological polar surface area (TPSA) is 318 Å². The summed E-state index contributed by atoms with van der Waals surface area (Å²) in [4.78, 5) is 15.1. The van der Waals surface area contributed by atoms with Crippen LogP contribution in [0.5, 0.6) is 0 Å². The Hall–Kier alpha value is -8.17. The van der Waals surface area contributed by atoms with E-state index >= 15 is 0 Å². The first-order chi connectivity index (χ1) is 35.1. The fourth-order valence-electron chi connectivity index (χ4n) is 7.19. The van der Waals surface area contributed by atoms with Crippen molar-refractivity contribution in [2.75, 3.05) is 20.7 Å². The second-order valence-corrected chi connectivity index (χ2v) is 21.9. The summed E-state index contributed by atoms with van der Waals surface area (Å²) in [5.41, 5.74) is 1.93. The Bertz CT molecular complexity index is 4070. The molecule has 26 heteroatoms. The molecule has 2 aromatic heterocycles. The van der Waals surface area contributed by atoms with Crippen molar-refractivity contribution in [3.8, 4) is 23.3 Å². The monoisotopic (exact) mass is 1110 g/mol. The summed E-state index contributed by atoms with van der Waals surface area (Å²) in [5.74, 6) is -0.369. The lowest BCUT2D eigenvalue weighted by Crippen LogP contribution is -2.13. The molecule has 1 amide bonds. The van der Waals surface area contributed by atoms with Crippen LogP contribution in [0.2, 0.25) is 10.0 Å². The van der Waals surface area contributed by atoms with Crippen molar-refractivity contribution in [1.82, 2.24) is 4.98 Å². The van der Waals surface area contributed by atoms with Crippen LogP contribution in [0.25, 0.3) is 21.9 Å². The Kier molecular flexibility index (Phi) is 14.9. The number of thiophene rings is 1. The number of benzene rings is 6. The molecule has 372 valence electrons. The molecule has 0 bridgehead atoms. The van der Waals surface area contributed by atoms with Gasteiger partial charge in [0.25, 0.3) is 30.3 Å². The van der Waals surface area contributed by atoms with Crippen LogP contribution in [-0.2, 0) is 35.1 Å². The van der Waals surface area contributed by atoms with E-state index in [1.54, 1.807) is 49.4 Å². The Morgan fingerprint density at radius 3 is 1.93 bits per heavy atom. The summed E-state index contributed by atoms with van der Waals surface area (Å²) in [7, 11) is -13.5. The smallest absolute Gasteiger partial charge is 0.296 e. The average Bonchev–Trinajstić information content (AvgIpc) is 3.71. The van der Waals surface area contributed by atoms with Crippen LogP contribution in [-0.4, -0.2) is 45.3 Å². The Labute approximate surface area is 436 Å². The highest BCUT2D eigenvalue weighted by Gasteiger charge is 2.24. The van der Waals surface area contributed by atoms with Gasteiger partial charge in [-0.15, -0.1) is 20.5 Å². The zero-order valence-electron chi connectivity index (χ0n) is 37.9. The number of hydrogen-bond acceptors (Lipinski definition) is 17. The number of nitriles is 2. The maximum atomic E-state index is 13.4. The molecule has 74 heavy (non-hydrogen) atoms. The number of halogens is 2. The summed E-state index contributed by atoms with van der Waals surface area (Å²) in [5, 5.41) is 48.7. The fourth-order valence-corrected chi connectivity index (χ4v) is 11.0. The molecule has 0 spiro atoms. The molecule has 20 nitrogen and oxygen atoms in total. The minimum absolute atomic E-state index is 0.00688. The highest BCUT2D eigenvalue weighted by Crippen LogP contribution is 2.49. The van der Waals surface area contributed by atoms with Crippen molar-refractivity contribution in [2.45, 2.75) is 28.5 Å². The maximum absolute atomic E-state index is 13.4. The average molecular weight is 1110 g/mol. The normalized spacial score (nSPS) is 11.9. The fraction of sp³-hybridized carbons (Fsp3) is 0.0417. The van der Waals surface area contributed by atoms with Gasteiger partial charge in [-0.05, 0) is 115 Å². The number of amides is 1. The van der Waals surface area contributed by atoms with E-state index in [9.17, 15) is 49.7 Å². The predicted octanol–water partition coefficient (Wildman–Crippen LogP) is 12.9. The van der Waals surface area contributed by atoms with Gasteiger partial charge in [-0.1, -0.05) is 64.9 Å². The summed E-state index contributed by atoms with van der Waals surface area (Å²) >= 11 is 13.1. The summed E-state index contributed by atoms with van der Waals surface area (Å²) in [6, 6.07) is 34.8. The third kappa shape index (κ3) is 11.7. The molecule has 0 aliphatic carbocycles. The molecule has 0 aliphatic rings. The molecular formula is C48H33Cl2N11O9S4. The van der Waals surface area contributed by atoms with Crippen molar-refractivity contribution in [2.24, 2.45) is 20.5 Å². The summed E-state index contributed by atoms with van der Waals surface area (Å²) < 4.78 is 97.6. The van der Waals surface area contributed by atoms with E-state index in [1.807, 2.05) is 0 Å². The van der Waals surface area contributed by atoms with Crippen LogP contribution in [0.4, 0.5) is 55.8 Å². The van der Waals surface area contributed by atoms with Gasteiger partial charge in [0.15, 0.2) is 16.6 Å². The number of hydrogen-bond donors (Lipinski definition) is 6. The van der Waals surface area contributed by atoms with Crippen LogP contribution in [0, 0.1) is 29.6 Å². The SMILES string of the molecule is CC(=O)Nc1ccc(S(=O)(=O)Nc2ccc(-c3c(N=Nc4ccc5cccc(S(=O)(=O)O)c5c4)sc(N=Nc4c(Nc5ccc(Cl)cc5)nc(Nc5ccc(Cl)c(S(=O)(=O)O)c5)c(C#N)c4C)c3C#N)cc2)cc1. The molecule has 0 saturated heterocycles. The van der Waals surface area contributed by atoms with Gasteiger partial charge in [-0.25, -0.2) is 13.4 Å². The molecule has 0 atom stereocenters. The van der Waals surface area contributed by atoms with Crippen molar-refractivity contribution < 1.29 is 39.2 Å². The van der Waals surface area contributed by atoms with Gasteiger partial charge in [0.2, 0.25) is 5.91 Å². The van der Waals surface area contributed by atoms with E-state index in [1.165, 1.54) is 85.8 Å². The molecule has 0 fully saturated rings. The minimum Gasteiger partial charge on any atom is -0.339 e. The highest BCUT2D eigenvalue weighted by atomic mass is 35.5. The lowest BCUT2D eigenvalue weighted by Gasteiger charge is -2.16. The number of nitrogens with one attached hydrogen (secondary N) is 4. The molecule has 0 radical (unpaired) electrons. The number of carbonyl (C=O) groups is 1. The zero-order chi connectivity index (χ0) is 53.1. The number of pyridine rings is 1. The van der Waals surface area contributed by atoms with Gasteiger partial charge < -0.3 is 16.0 Å². The van der Waals surface area contributed by atoms with Gasteiger partial charge in [0, 0.05) is 51.2 Å². The van der Waals surface area contributed by atoms with Crippen molar-refractivity contribution in [3.05, 3.63) is 154 Å². The number of rotatable bonds is 15. The molecule has 8 rings (SSSR count). The van der Waals surface area contributed by atoms with Crippen LogP contribution >= 0.6 is 34.5 Å². The van der Waals surface area contributed by atoms with Crippen LogP contribution in [0.15, 0.2) is 163 Å². The van der Waals surface area contributed by atoms with E-state index < -0.39 is 35.2 Å². The first-order valence-corrected chi connectivity index (χ1v) is 27.0. The largest absolute Gasteiger partial charge is 0.339 e. The van der Waals surface area contributed by atoms with Gasteiger partial charge in [-0.2, -0.15) is 27.4 Å². The zero-order valence-corrected chi connectivity index (χ0v) is 42.7. The molecule has 0 aliphatic heterocycles. The standard InChI is InChI=1S/C48H33Cl2N11O9S4/c1-26-38(24-51)45(55-34-18-21-40(50)42(23-34)74(68,69)70)56-46(54-32-14-9-30(49)10-15-32)44(26)58-59-47-39(25-52)43(48(71-47)60-57-35-13-6-28-4-3-5-41(37(28)22-35)73(65,66)67)29-7-11-33(12-8-29)61-72(63,64)36-19-16-31(17-20-36)53-27(2)62/h3-23,61H,1-2H3,(H,53,62)(H2,54,55,56)(H,65,66,67)(H,68,69,70). The first-order valence-electron chi connectivity index (χ1n) is 21.0. The number of fused-ring (bicyclic) bond motifs is 1. The lowest BCUT2D eigenvalue weighted by molar-refractivity contribution is -0.114. The predicted molar refractivity (Wildman–Crippen MR) is 281 cm³/mol. The van der Waals surface area contributed by atoms with Crippen molar-refractivity contribution >= 4 is 137 Å². The van der Waals surface area contributed by atoms with E-state index in [4.69, 9.17) is 23.2 Å². The number of aromatic nitrogens is 1. The molecule has 6 aromatic carbocycles. The molecule has 6 N–H and O–H groups in total. The third-order valence-electron chi connectivity index (χ3n) is 10.6. The van der Waals surface area contributed by atoms with Gasteiger partial charge in [-0.3, -0.25) is 18.6 Å². The number of nitrogens with zero attached hydrogens (tertiary/aromatic N) is 7. The molecule has 8 aromatic rings. The molecule has 2 heterocycles. The number of sulfonamides is 1. The Balaban J connectivity index is 1.23. The number of carbonyl (C=O) groups excluding carboxylic acids is 1. The van der Waals surface area contributed by atoms with Gasteiger partial charge >= 0.3 is 0 Å². The van der Waals surface area contributed by atoms with Crippen molar-refractivity contribution in [1.29, 1.82) is 10.5 Å². The van der Waals surface area contributed by atoms with E-state index in [-0.39, 0.29) is 92.7 Å². The second kappa shape index (κ2) is 21.1. The Morgan fingerprint density at radius 2 is 1.28 bits per heavy atom. The van der Waals surface area contributed by atoms with Gasteiger partial charge in [0.1, 0.15) is 38.2 Å². The van der Waals surface area contributed by atoms with Crippen LogP contribution < -0.4 is 20.7 Å². The molecular weight excluding hydrogens is 1070 g/mol. The number of anilines is 6.